The molecule has 0 fully saturated rings. The molecule has 0 amide bonds. The molecule has 2 aromatic carbocycles. The second-order valence-corrected chi connectivity index (χ2v) is 4.39. The Morgan fingerprint density at radius 2 is 1.81 bits per heavy atom. The molecule has 2 N–H and O–H groups in total. The molecule has 21 heavy (non-hydrogen) atoms. The maximum atomic E-state index is 13.7. The van der Waals surface area contributed by atoms with Crippen LogP contribution in [0.1, 0.15) is 0 Å². The van der Waals surface area contributed by atoms with E-state index in [0.29, 0.717) is 17.1 Å². The Labute approximate surface area is 120 Å². The van der Waals surface area contributed by atoms with Gasteiger partial charge in [-0.05, 0) is 42.5 Å². The molecule has 0 spiro atoms. The summed E-state index contributed by atoms with van der Waals surface area (Å²) in [4.78, 5) is 4.25. The van der Waals surface area contributed by atoms with E-state index in [4.69, 9.17) is 15.0 Å². The molecule has 1 heterocycles. The molecule has 0 aliphatic rings. The molecule has 3 aromatic rings. The quantitative estimate of drug-likeness (QED) is 0.748. The lowest BCUT2D eigenvalue weighted by Crippen LogP contribution is -1.89. The highest BCUT2D eigenvalue weighted by Crippen LogP contribution is 2.26. The van der Waals surface area contributed by atoms with Gasteiger partial charge in [-0.1, -0.05) is 5.16 Å². The average molecular weight is 285 g/mol. The van der Waals surface area contributed by atoms with Gasteiger partial charge in [0.15, 0.2) is 11.6 Å². The zero-order valence-corrected chi connectivity index (χ0v) is 11.2. The Hall–Kier alpha value is -2.89. The number of hydrogen-bond acceptors (Lipinski definition) is 5. The Balaban J connectivity index is 1.94. The SMILES string of the molecule is COc1ccc(-c2nc(-c3ccc(N)cc3)no2)cc1F. The summed E-state index contributed by atoms with van der Waals surface area (Å²) in [7, 11) is 1.41. The normalized spacial score (nSPS) is 10.6. The summed E-state index contributed by atoms with van der Waals surface area (Å²) in [5, 5.41) is 3.88. The van der Waals surface area contributed by atoms with Gasteiger partial charge in [0.05, 0.1) is 7.11 Å². The van der Waals surface area contributed by atoms with Crippen LogP contribution >= 0.6 is 0 Å². The number of nitrogens with zero attached hydrogens (tertiary/aromatic N) is 2. The van der Waals surface area contributed by atoms with Crippen LogP contribution in [0.3, 0.4) is 0 Å². The number of aromatic nitrogens is 2. The fourth-order valence-electron chi connectivity index (χ4n) is 1.89. The lowest BCUT2D eigenvalue weighted by atomic mass is 10.2. The van der Waals surface area contributed by atoms with Crippen molar-refractivity contribution in [3.8, 4) is 28.6 Å². The van der Waals surface area contributed by atoms with E-state index in [1.807, 2.05) is 0 Å². The summed E-state index contributed by atoms with van der Waals surface area (Å²) in [6.45, 7) is 0. The number of hydrogen-bond donors (Lipinski definition) is 1. The van der Waals surface area contributed by atoms with E-state index in [9.17, 15) is 4.39 Å². The van der Waals surface area contributed by atoms with Crippen LogP contribution in [-0.4, -0.2) is 17.3 Å². The Bertz CT molecular complexity index is 769. The predicted molar refractivity (Wildman–Crippen MR) is 76.1 cm³/mol. The van der Waals surface area contributed by atoms with Crippen molar-refractivity contribution in [1.29, 1.82) is 0 Å². The molecule has 0 radical (unpaired) electrons. The molecule has 0 aliphatic carbocycles. The average Bonchev–Trinajstić information content (AvgIpc) is 2.98. The van der Waals surface area contributed by atoms with Crippen molar-refractivity contribution >= 4 is 5.69 Å². The third-order valence-electron chi connectivity index (χ3n) is 2.99. The van der Waals surface area contributed by atoms with Gasteiger partial charge in [-0.25, -0.2) is 4.39 Å². The number of ether oxygens (including phenoxy) is 1. The van der Waals surface area contributed by atoms with Crippen molar-refractivity contribution < 1.29 is 13.7 Å². The Kier molecular flexibility index (Phi) is 3.27. The van der Waals surface area contributed by atoms with E-state index in [2.05, 4.69) is 10.1 Å². The lowest BCUT2D eigenvalue weighted by Gasteiger charge is -2.01. The van der Waals surface area contributed by atoms with Crippen LogP contribution in [0.25, 0.3) is 22.8 Å². The molecule has 0 saturated heterocycles. The van der Waals surface area contributed by atoms with Crippen molar-refractivity contribution in [2.75, 3.05) is 12.8 Å². The maximum Gasteiger partial charge on any atom is 0.258 e. The minimum atomic E-state index is -0.484. The van der Waals surface area contributed by atoms with Gasteiger partial charge >= 0.3 is 0 Å². The molecule has 0 unspecified atom stereocenters. The van der Waals surface area contributed by atoms with E-state index in [0.717, 1.165) is 5.56 Å². The summed E-state index contributed by atoms with van der Waals surface area (Å²) < 4.78 is 23.7. The first-order valence-corrected chi connectivity index (χ1v) is 6.21. The number of rotatable bonds is 3. The highest BCUT2D eigenvalue weighted by molar-refractivity contribution is 5.62. The molecule has 0 atom stereocenters. The molecular formula is C15H12FN3O2. The monoisotopic (exact) mass is 285 g/mol. The second kappa shape index (κ2) is 5.24. The van der Waals surface area contributed by atoms with Crippen molar-refractivity contribution in [3.63, 3.8) is 0 Å². The minimum absolute atomic E-state index is 0.164. The van der Waals surface area contributed by atoms with E-state index in [1.54, 1.807) is 30.3 Å². The molecule has 6 heteroatoms. The lowest BCUT2D eigenvalue weighted by molar-refractivity contribution is 0.386. The van der Waals surface area contributed by atoms with Gasteiger partial charge in [-0.15, -0.1) is 0 Å². The van der Waals surface area contributed by atoms with Gasteiger partial charge in [0.2, 0.25) is 5.82 Å². The first-order chi connectivity index (χ1) is 10.2. The van der Waals surface area contributed by atoms with Crippen LogP contribution in [-0.2, 0) is 0 Å². The van der Waals surface area contributed by atoms with E-state index < -0.39 is 5.82 Å². The molecule has 5 nitrogen and oxygen atoms in total. The topological polar surface area (TPSA) is 74.2 Å². The predicted octanol–water partition coefficient (Wildman–Crippen LogP) is 3.13. The molecule has 3 rings (SSSR count). The number of methoxy groups -OCH3 is 1. The van der Waals surface area contributed by atoms with Gasteiger partial charge in [0.1, 0.15) is 0 Å². The highest BCUT2D eigenvalue weighted by Gasteiger charge is 2.13. The summed E-state index contributed by atoms with van der Waals surface area (Å²) >= 11 is 0. The largest absolute Gasteiger partial charge is 0.494 e. The van der Waals surface area contributed by atoms with E-state index >= 15 is 0 Å². The highest BCUT2D eigenvalue weighted by atomic mass is 19.1. The Morgan fingerprint density at radius 3 is 2.48 bits per heavy atom. The smallest absolute Gasteiger partial charge is 0.258 e. The van der Waals surface area contributed by atoms with Crippen LogP contribution in [0, 0.1) is 5.82 Å². The van der Waals surface area contributed by atoms with Crippen molar-refractivity contribution in [2.24, 2.45) is 0 Å². The van der Waals surface area contributed by atoms with E-state index in [1.165, 1.54) is 19.2 Å². The standard InChI is InChI=1S/C15H12FN3O2/c1-20-13-7-4-10(8-12(13)16)15-18-14(19-21-15)9-2-5-11(17)6-3-9/h2-8H,17H2,1H3. The fourth-order valence-corrected chi connectivity index (χ4v) is 1.89. The zero-order chi connectivity index (χ0) is 14.8. The van der Waals surface area contributed by atoms with Crippen LogP contribution in [0.4, 0.5) is 10.1 Å². The minimum Gasteiger partial charge on any atom is -0.494 e. The Morgan fingerprint density at radius 1 is 1.10 bits per heavy atom. The number of benzene rings is 2. The van der Waals surface area contributed by atoms with Gasteiger partial charge < -0.3 is 15.0 Å². The zero-order valence-electron chi connectivity index (χ0n) is 11.2. The fraction of sp³-hybridized carbons (Fsp3) is 0.0667. The third kappa shape index (κ3) is 2.55. The number of halogens is 1. The summed E-state index contributed by atoms with van der Waals surface area (Å²) in [5.74, 6) is 0.337. The second-order valence-electron chi connectivity index (χ2n) is 4.39. The van der Waals surface area contributed by atoms with Crippen LogP contribution in [0.2, 0.25) is 0 Å². The van der Waals surface area contributed by atoms with Crippen molar-refractivity contribution in [2.45, 2.75) is 0 Å². The maximum absolute atomic E-state index is 13.7. The first-order valence-electron chi connectivity index (χ1n) is 6.21. The third-order valence-corrected chi connectivity index (χ3v) is 2.99. The molecule has 0 saturated carbocycles. The van der Waals surface area contributed by atoms with Crippen molar-refractivity contribution in [3.05, 3.63) is 48.3 Å². The number of nitrogen functional groups attached to an aromatic ring is 1. The van der Waals surface area contributed by atoms with Gasteiger partial charge in [0, 0.05) is 16.8 Å². The van der Waals surface area contributed by atoms with Gasteiger partial charge in [-0.2, -0.15) is 4.98 Å². The molecular weight excluding hydrogens is 273 g/mol. The number of nitrogens with two attached hydrogens (primary N) is 1. The van der Waals surface area contributed by atoms with Crippen LogP contribution in [0.5, 0.6) is 5.75 Å². The molecule has 106 valence electrons. The molecule has 1 aromatic heterocycles. The van der Waals surface area contributed by atoms with Crippen LogP contribution < -0.4 is 10.5 Å². The summed E-state index contributed by atoms with van der Waals surface area (Å²) in [6, 6.07) is 11.5. The number of anilines is 1. The molecule has 0 bridgehead atoms. The summed E-state index contributed by atoms with van der Waals surface area (Å²) in [6.07, 6.45) is 0. The molecule has 0 aliphatic heterocycles. The van der Waals surface area contributed by atoms with Gasteiger partial charge in [-0.3, -0.25) is 0 Å². The van der Waals surface area contributed by atoms with Gasteiger partial charge in [0.25, 0.3) is 5.89 Å². The first kappa shape index (κ1) is 13.1. The van der Waals surface area contributed by atoms with Crippen LogP contribution in [0.15, 0.2) is 47.0 Å². The van der Waals surface area contributed by atoms with Crippen molar-refractivity contribution in [1.82, 2.24) is 10.1 Å². The van der Waals surface area contributed by atoms with E-state index in [-0.39, 0.29) is 11.6 Å². The summed E-state index contributed by atoms with van der Waals surface area (Å²) in [5.41, 5.74) is 7.54.